The van der Waals surface area contributed by atoms with Gasteiger partial charge in [0.05, 0.1) is 6.54 Å². The van der Waals surface area contributed by atoms with Crippen LogP contribution in [-0.2, 0) is 11.3 Å². The second-order valence-electron chi connectivity index (χ2n) is 6.48. The molecule has 0 saturated carbocycles. The highest BCUT2D eigenvalue weighted by Gasteiger charge is 2.17. The molecule has 0 spiro atoms. The van der Waals surface area contributed by atoms with Crippen molar-refractivity contribution in [1.29, 1.82) is 0 Å². The molecule has 2 heterocycles. The van der Waals surface area contributed by atoms with Crippen LogP contribution < -0.4 is 16.3 Å². The number of amides is 1. The first kappa shape index (κ1) is 18.7. The van der Waals surface area contributed by atoms with Crippen LogP contribution in [0.2, 0.25) is 5.02 Å². The minimum absolute atomic E-state index is 0.0873. The average molecular weight is 388 g/mol. The van der Waals surface area contributed by atoms with Gasteiger partial charge in [-0.05, 0) is 17.7 Å². The summed E-state index contributed by atoms with van der Waals surface area (Å²) in [6.45, 7) is 3.60. The lowest BCUT2D eigenvalue weighted by atomic mass is 10.2. The number of hydrogen-bond acceptors (Lipinski definition) is 4. The minimum atomic E-state index is -0.804. The van der Waals surface area contributed by atoms with Crippen molar-refractivity contribution in [2.24, 2.45) is 5.92 Å². The highest BCUT2D eigenvalue weighted by atomic mass is 35.5. The first-order valence-electron chi connectivity index (χ1n) is 8.30. The van der Waals surface area contributed by atoms with Crippen molar-refractivity contribution in [2.75, 3.05) is 5.32 Å². The first-order chi connectivity index (χ1) is 12.8. The number of nitrogens with zero attached hydrogens (tertiary/aromatic N) is 2. The summed E-state index contributed by atoms with van der Waals surface area (Å²) < 4.78 is 2.69. The maximum absolute atomic E-state index is 12.8. The lowest BCUT2D eigenvalue weighted by molar-refractivity contribution is -0.118. The van der Waals surface area contributed by atoms with Gasteiger partial charge in [-0.1, -0.05) is 37.6 Å². The van der Waals surface area contributed by atoms with Gasteiger partial charge in [-0.3, -0.25) is 14.4 Å². The van der Waals surface area contributed by atoms with E-state index in [1.165, 1.54) is 27.6 Å². The van der Waals surface area contributed by atoms with Crippen LogP contribution in [0.1, 0.15) is 19.4 Å². The predicted molar refractivity (Wildman–Crippen MR) is 104 cm³/mol. The van der Waals surface area contributed by atoms with E-state index in [-0.39, 0.29) is 29.6 Å². The number of nitrogens with one attached hydrogen (secondary N) is 1. The first-order valence-corrected chi connectivity index (χ1v) is 8.68. The Morgan fingerprint density at radius 2 is 2.00 bits per heavy atom. The summed E-state index contributed by atoms with van der Waals surface area (Å²) in [6.07, 6.45) is 4.39. The molecular weight excluding hydrogens is 370 g/mol. The van der Waals surface area contributed by atoms with E-state index in [0.29, 0.717) is 5.02 Å². The van der Waals surface area contributed by atoms with Gasteiger partial charge in [0.15, 0.2) is 11.3 Å². The highest BCUT2D eigenvalue weighted by molar-refractivity contribution is 6.30. The largest absolute Gasteiger partial charge is 0.502 e. The Kier molecular flexibility index (Phi) is 5.05. The summed E-state index contributed by atoms with van der Waals surface area (Å²) in [5.41, 5.74) is -0.783. The van der Waals surface area contributed by atoms with E-state index in [1.54, 1.807) is 32.0 Å². The van der Waals surface area contributed by atoms with E-state index in [1.807, 2.05) is 6.07 Å². The molecule has 0 fully saturated rings. The zero-order valence-electron chi connectivity index (χ0n) is 14.8. The molecule has 0 aliphatic rings. The zero-order chi connectivity index (χ0) is 19.7. The second-order valence-corrected chi connectivity index (χ2v) is 6.92. The third kappa shape index (κ3) is 3.73. The normalized spacial score (nSPS) is 11.1. The molecule has 3 rings (SSSR count). The number of benzene rings is 1. The smallest absolute Gasteiger partial charge is 0.279 e. The number of fused-ring (bicyclic) bond motifs is 1. The summed E-state index contributed by atoms with van der Waals surface area (Å²) in [5, 5.41) is 13.3. The molecule has 3 aromatic rings. The van der Waals surface area contributed by atoms with Crippen molar-refractivity contribution in [3.63, 3.8) is 0 Å². The Morgan fingerprint density at radius 1 is 1.26 bits per heavy atom. The molecule has 2 aromatic heterocycles. The van der Waals surface area contributed by atoms with Crippen molar-refractivity contribution < 1.29 is 9.90 Å². The fourth-order valence-corrected chi connectivity index (χ4v) is 2.84. The molecule has 7 nitrogen and oxygen atoms in total. The Labute approximate surface area is 159 Å². The van der Waals surface area contributed by atoms with E-state index in [9.17, 15) is 19.5 Å². The van der Waals surface area contributed by atoms with Gasteiger partial charge in [-0.15, -0.1) is 0 Å². The standard InChI is InChI=1S/C19H18ClN3O4/c1-11(2)18(26)21-14-10-22-6-7-23(9-12-4-3-5-13(20)8-12)19(27)15(22)17(25)16(14)24/h3-8,10-11,25H,9H2,1-2H3,(H,21,26). The van der Waals surface area contributed by atoms with E-state index in [2.05, 4.69) is 5.32 Å². The zero-order valence-corrected chi connectivity index (χ0v) is 15.5. The van der Waals surface area contributed by atoms with Gasteiger partial charge >= 0.3 is 0 Å². The predicted octanol–water partition coefficient (Wildman–Crippen LogP) is 2.46. The summed E-state index contributed by atoms with van der Waals surface area (Å²) >= 11 is 5.97. The fourth-order valence-electron chi connectivity index (χ4n) is 2.63. The molecule has 2 N–H and O–H groups in total. The number of aromatic nitrogens is 2. The van der Waals surface area contributed by atoms with Crippen LogP contribution in [0.25, 0.3) is 5.52 Å². The Morgan fingerprint density at radius 3 is 2.67 bits per heavy atom. The molecule has 1 aromatic carbocycles. The third-order valence-electron chi connectivity index (χ3n) is 4.11. The van der Waals surface area contributed by atoms with Crippen molar-refractivity contribution in [3.05, 3.63) is 74.0 Å². The summed E-state index contributed by atoms with van der Waals surface area (Å²) in [7, 11) is 0. The van der Waals surface area contributed by atoms with E-state index < -0.39 is 16.7 Å². The Hall–Kier alpha value is -3.06. The lowest BCUT2D eigenvalue weighted by Gasteiger charge is -2.12. The molecular formula is C19H18ClN3O4. The van der Waals surface area contributed by atoms with Crippen LogP contribution in [-0.4, -0.2) is 20.0 Å². The number of aromatic hydroxyl groups is 1. The third-order valence-corrected chi connectivity index (χ3v) is 4.34. The van der Waals surface area contributed by atoms with Gasteiger partial charge in [-0.2, -0.15) is 0 Å². The number of carbonyl (C=O) groups excluding carboxylic acids is 1. The number of pyridine rings is 1. The van der Waals surface area contributed by atoms with Crippen molar-refractivity contribution in [3.8, 4) is 5.75 Å². The van der Waals surface area contributed by atoms with Gasteiger partial charge in [0.1, 0.15) is 5.69 Å². The Bertz CT molecular complexity index is 1150. The average Bonchev–Trinajstić information content (AvgIpc) is 2.61. The SMILES string of the molecule is CC(C)C(=O)Nc1cn2ccn(Cc3cccc(Cl)c3)c(=O)c2c(O)c1=O. The monoisotopic (exact) mass is 387 g/mol. The fraction of sp³-hybridized carbons (Fsp3) is 0.211. The lowest BCUT2D eigenvalue weighted by Crippen LogP contribution is -2.27. The van der Waals surface area contributed by atoms with Gasteiger partial charge in [-0.25, -0.2) is 0 Å². The highest BCUT2D eigenvalue weighted by Crippen LogP contribution is 2.15. The maximum Gasteiger partial charge on any atom is 0.279 e. The molecule has 0 atom stereocenters. The van der Waals surface area contributed by atoms with Crippen molar-refractivity contribution in [1.82, 2.24) is 8.97 Å². The van der Waals surface area contributed by atoms with Crippen LogP contribution in [0.5, 0.6) is 5.75 Å². The van der Waals surface area contributed by atoms with Crippen LogP contribution in [0.3, 0.4) is 0 Å². The number of carbonyl (C=O) groups is 1. The minimum Gasteiger partial charge on any atom is -0.502 e. The molecule has 0 aliphatic carbocycles. The molecule has 140 valence electrons. The quantitative estimate of drug-likeness (QED) is 0.719. The van der Waals surface area contributed by atoms with Gasteiger partial charge in [0.2, 0.25) is 11.3 Å². The second kappa shape index (κ2) is 7.28. The molecule has 0 bridgehead atoms. The molecule has 0 aliphatic heterocycles. The van der Waals surface area contributed by atoms with Crippen LogP contribution in [0, 0.1) is 5.92 Å². The van der Waals surface area contributed by atoms with Gasteiger partial charge < -0.3 is 19.4 Å². The number of halogens is 1. The molecule has 1 amide bonds. The summed E-state index contributed by atoms with van der Waals surface area (Å²) in [4.78, 5) is 37.0. The van der Waals surface area contributed by atoms with E-state index in [4.69, 9.17) is 11.6 Å². The van der Waals surface area contributed by atoms with Crippen LogP contribution >= 0.6 is 11.6 Å². The summed E-state index contributed by atoms with van der Waals surface area (Å²) in [5.74, 6) is -1.40. The van der Waals surface area contributed by atoms with Crippen molar-refractivity contribution >= 4 is 28.7 Å². The number of hydrogen-bond donors (Lipinski definition) is 2. The Balaban J connectivity index is 2.08. The van der Waals surface area contributed by atoms with Crippen molar-refractivity contribution in [2.45, 2.75) is 20.4 Å². The van der Waals surface area contributed by atoms with E-state index in [0.717, 1.165) is 5.56 Å². The molecule has 27 heavy (non-hydrogen) atoms. The van der Waals surface area contributed by atoms with Crippen LogP contribution in [0.15, 0.2) is 52.4 Å². The topological polar surface area (TPSA) is 92.8 Å². The van der Waals surface area contributed by atoms with E-state index >= 15 is 0 Å². The maximum atomic E-state index is 12.8. The number of anilines is 1. The molecule has 8 heteroatoms. The van der Waals surface area contributed by atoms with Crippen LogP contribution in [0.4, 0.5) is 5.69 Å². The molecule has 0 radical (unpaired) electrons. The van der Waals surface area contributed by atoms with Gasteiger partial charge in [0, 0.05) is 29.5 Å². The molecule has 0 unspecified atom stereocenters. The number of rotatable bonds is 4. The molecule has 0 saturated heterocycles. The summed E-state index contributed by atoms with van der Waals surface area (Å²) in [6, 6.07) is 7.05. The van der Waals surface area contributed by atoms with Gasteiger partial charge in [0.25, 0.3) is 5.56 Å².